The molecule has 1 aromatic carbocycles. The van der Waals surface area contributed by atoms with Gasteiger partial charge in [0, 0.05) is 29.6 Å². The number of nitrogens with one attached hydrogen (secondary N) is 1. The quantitative estimate of drug-likeness (QED) is 0.806. The first kappa shape index (κ1) is 13.1. The largest absolute Gasteiger partial charge is 0.316 e. The molecule has 2 rings (SSSR count). The van der Waals surface area contributed by atoms with E-state index in [1.165, 1.54) is 16.0 Å². The summed E-state index contributed by atoms with van der Waals surface area (Å²) in [4.78, 5) is 5.46. The maximum absolute atomic E-state index is 4.13. The van der Waals surface area contributed by atoms with Gasteiger partial charge in [0.25, 0.3) is 0 Å². The minimum atomic E-state index is 0.931. The number of hydrogen-bond acceptors (Lipinski definition) is 3. The number of rotatable bonds is 6. The molecular weight excluding hydrogens is 240 g/mol. The van der Waals surface area contributed by atoms with Crippen LogP contribution in [0.1, 0.15) is 11.1 Å². The van der Waals surface area contributed by atoms with Crippen LogP contribution in [0.3, 0.4) is 0 Å². The van der Waals surface area contributed by atoms with Gasteiger partial charge in [-0.2, -0.15) is 0 Å². The van der Waals surface area contributed by atoms with E-state index < -0.39 is 0 Å². The van der Waals surface area contributed by atoms with E-state index in [9.17, 15) is 0 Å². The lowest BCUT2D eigenvalue weighted by atomic mass is 10.2. The number of hydrogen-bond donors (Lipinski definition) is 1. The molecule has 0 saturated carbocycles. The molecule has 18 heavy (non-hydrogen) atoms. The molecule has 94 valence electrons. The van der Waals surface area contributed by atoms with E-state index in [1.807, 2.05) is 37.3 Å². The lowest BCUT2D eigenvalue weighted by Crippen LogP contribution is -2.04. The van der Waals surface area contributed by atoms with Gasteiger partial charge in [0.15, 0.2) is 0 Å². The van der Waals surface area contributed by atoms with Gasteiger partial charge in [-0.1, -0.05) is 18.2 Å². The van der Waals surface area contributed by atoms with Gasteiger partial charge in [-0.05, 0) is 42.8 Å². The zero-order valence-electron chi connectivity index (χ0n) is 10.6. The summed E-state index contributed by atoms with van der Waals surface area (Å²) in [6.45, 7) is 0.931. The molecule has 0 unspecified atom stereocenters. The van der Waals surface area contributed by atoms with Crippen molar-refractivity contribution in [2.45, 2.75) is 17.9 Å². The fourth-order valence-corrected chi connectivity index (χ4v) is 2.64. The maximum Gasteiger partial charge on any atom is 0.0300 e. The molecule has 0 radical (unpaired) electrons. The van der Waals surface area contributed by atoms with Crippen LogP contribution in [0.5, 0.6) is 0 Å². The molecule has 0 atom stereocenters. The number of aromatic nitrogens is 1. The molecule has 2 aromatic rings. The normalized spacial score (nSPS) is 10.5. The zero-order valence-corrected chi connectivity index (χ0v) is 11.4. The molecule has 0 saturated heterocycles. The molecule has 3 heteroatoms. The van der Waals surface area contributed by atoms with Crippen LogP contribution in [0.25, 0.3) is 0 Å². The van der Waals surface area contributed by atoms with E-state index in [0.717, 1.165) is 18.7 Å². The van der Waals surface area contributed by atoms with Crippen LogP contribution in [0.4, 0.5) is 0 Å². The Morgan fingerprint density at radius 1 is 1.11 bits per heavy atom. The van der Waals surface area contributed by atoms with Crippen LogP contribution < -0.4 is 5.32 Å². The molecule has 0 fully saturated rings. The van der Waals surface area contributed by atoms with Gasteiger partial charge < -0.3 is 5.32 Å². The summed E-state index contributed by atoms with van der Waals surface area (Å²) in [5, 5.41) is 3.15. The Morgan fingerprint density at radius 2 is 1.94 bits per heavy atom. The van der Waals surface area contributed by atoms with Gasteiger partial charge in [0.05, 0.1) is 0 Å². The molecular formula is C15H18N2S. The van der Waals surface area contributed by atoms with Crippen molar-refractivity contribution in [2.24, 2.45) is 0 Å². The second kappa shape index (κ2) is 7.19. The van der Waals surface area contributed by atoms with Crippen LogP contribution in [-0.4, -0.2) is 17.8 Å². The van der Waals surface area contributed by atoms with Gasteiger partial charge in [0.2, 0.25) is 0 Å². The summed E-state index contributed by atoms with van der Waals surface area (Å²) in [6, 6.07) is 12.9. The van der Waals surface area contributed by atoms with Gasteiger partial charge in [0.1, 0.15) is 0 Å². The molecule has 1 aromatic heterocycles. The second-order valence-corrected chi connectivity index (χ2v) is 5.30. The summed E-state index contributed by atoms with van der Waals surface area (Å²) in [6.07, 6.45) is 4.82. The van der Waals surface area contributed by atoms with E-state index >= 15 is 0 Å². The Kier molecular flexibility index (Phi) is 5.24. The zero-order chi connectivity index (χ0) is 12.6. The first-order valence-corrected chi connectivity index (χ1v) is 7.12. The van der Waals surface area contributed by atoms with Crippen LogP contribution in [0.2, 0.25) is 0 Å². The summed E-state index contributed by atoms with van der Waals surface area (Å²) >= 11 is 1.89. The monoisotopic (exact) mass is 258 g/mol. The standard InChI is InChI=1S/C15H18N2S/c1-16-11-14-4-6-15(7-5-14)18-10-8-13-3-2-9-17-12-13/h2-7,9,12,16H,8,10-11H2,1H3. The Hall–Kier alpha value is -1.32. The van der Waals surface area contributed by atoms with Crippen LogP contribution in [0.15, 0.2) is 53.7 Å². The third-order valence-electron chi connectivity index (χ3n) is 2.69. The summed E-state index contributed by atoms with van der Waals surface area (Å²) in [5.41, 5.74) is 2.63. The third kappa shape index (κ3) is 4.17. The highest BCUT2D eigenvalue weighted by atomic mass is 32.2. The first-order chi connectivity index (χ1) is 8.88. The van der Waals surface area contributed by atoms with E-state index in [-0.39, 0.29) is 0 Å². The van der Waals surface area contributed by atoms with Crippen LogP contribution in [0, 0.1) is 0 Å². The SMILES string of the molecule is CNCc1ccc(SCCc2cccnc2)cc1. The highest BCUT2D eigenvalue weighted by molar-refractivity contribution is 7.99. The maximum atomic E-state index is 4.13. The molecule has 0 bridgehead atoms. The van der Waals surface area contributed by atoms with Crippen molar-refractivity contribution < 1.29 is 0 Å². The van der Waals surface area contributed by atoms with Crippen molar-refractivity contribution in [3.05, 3.63) is 59.9 Å². The van der Waals surface area contributed by atoms with E-state index in [1.54, 1.807) is 0 Å². The van der Waals surface area contributed by atoms with Gasteiger partial charge in [-0.3, -0.25) is 4.98 Å². The predicted molar refractivity (Wildman–Crippen MR) is 77.9 cm³/mol. The van der Waals surface area contributed by atoms with Crippen molar-refractivity contribution in [3.8, 4) is 0 Å². The van der Waals surface area contributed by atoms with Crippen LogP contribution >= 0.6 is 11.8 Å². The summed E-state index contributed by atoms with van der Waals surface area (Å²) < 4.78 is 0. The Bertz CT molecular complexity index is 454. The van der Waals surface area contributed by atoms with Crippen molar-refractivity contribution in [1.29, 1.82) is 0 Å². The van der Waals surface area contributed by atoms with Crippen LogP contribution in [-0.2, 0) is 13.0 Å². The Balaban J connectivity index is 1.80. The summed E-state index contributed by atoms with van der Waals surface area (Å²) in [7, 11) is 1.97. The van der Waals surface area contributed by atoms with Crippen molar-refractivity contribution in [1.82, 2.24) is 10.3 Å². The van der Waals surface area contributed by atoms with Gasteiger partial charge in [-0.15, -0.1) is 11.8 Å². The molecule has 1 heterocycles. The minimum Gasteiger partial charge on any atom is -0.316 e. The molecule has 2 nitrogen and oxygen atoms in total. The van der Waals surface area contributed by atoms with Crippen molar-refractivity contribution >= 4 is 11.8 Å². The van der Waals surface area contributed by atoms with E-state index in [0.29, 0.717) is 0 Å². The molecule has 0 aliphatic rings. The Morgan fingerprint density at radius 3 is 2.61 bits per heavy atom. The van der Waals surface area contributed by atoms with E-state index in [2.05, 4.69) is 40.6 Å². The number of nitrogens with zero attached hydrogens (tertiary/aromatic N) is 1. The lowest BCUT2D eigenvalue weighted by Gasteiger charge is -2.04. The molecule has 0 spiro atoms. The molecule has 0 amide bonds. The number of thioether (sulfide) groups is 1. The second-order valence-electron chi connectivity index (χ2n) is 4.13. The smallest absolute Gasteiger partial charge is 0.0300 e. The Labute approximate surface area is 113 Å². The molecule has 1 N–H and O–H groups in total. The highest BCUT2D eigenvalue weighted by Crippen LogP contribution is 2.19. The average Bonchev–Trinajstić information content (AvgIpc) is 2.42. The lowest BCUT2D eigenvalue weighted by molar-refractivity contribution is 0.817. The van der Waals surface area contributed by atoms with Gasteiger partial charge >= 0.3 is 0 Å². The topological polar surface area (TPSA) is 24.9 Å². The number of benzene rings is 1. The van der Waals surface area contributed by atoms with Gasteiger partial charge in [-0.25, -0.2) is 0 Å². The fourth-order valence-electron chi connectivity index (χ4n) is 1.74. The third-order valence-corrected chi connectivity index (χ3v) is 3.70. The average molecular weight is 258 g/mol. The minimum absolute atomic E-state index is 0.931. The van der Waals surface area contributed by atoms with Crippen molar-refractivity contribution in [2.75, 3.05) is 12.8 Å². The predicted octanol–water partition coefficient (Wildman–Crippen LogP) is 3.14. The van der Waals surface area contributed by atoms with E-state index in [4.69, 9.17) is 0 Å². The first-order valence-electron chi connectivity index (χ1n) is 6.14. The number of aryl methyl sites for hydroxylation is 1. The fraction of sp³-hybridized carbons (Fsp3) is 0.267. The molecule has 0 aliphatic carbocycles. The number of pyridine rings is 1. The highest BCUT2D eigenvalue weighted by Gasteiger charge is 1.97. The molecule has 0 aliphatic heterocycles. The van der Waals surface area contributed by atoms with Crippen molar-refractivity contribution in [3.63, 3.8) is 0 Å². The summed E-state index contributed by atoms with van der Waals surface area (Å²) in [5.74, 6) is 1.09.